The summed E-state index contributed by atoms with van der Waals surface area (Å²) < 4.78 is 0. The highest BCUT2D eigenvalue weighted by Crippen LogP contribution is 2.64. The molecular formula is C19H28O3. The number of carbonyl (C=O) groups is 1. The van der Waals surface area contributed by atoms with Crippen molar-refractivity contribution in [1.29, 1.82) is 0 Å². The number of carbonyl (C=O) groups excluding carboxylic acids is 1. The fourth-order valence-corrected chi connectivity index (χ4v) is 6.45. The van der Waals surface area contributed by atoms with Gasteiger partial charge in [0, 0.05) is 11.8 Å². The fraction of sp³-hybridized carbons (Fsp3) is 0.842. The minimum atomic E-state index is -0.342. The molecular weight excluding hydrogens is 276 g/mol. The van der Waals surface area contributed by atoms with Gasteiger partial charge < -0.3 is 10.2 Å². The molecule has 4 aliphatic rings. The molecule has 4 rings (SSSR count). The number of fused-ring (bicyclic) bond motifs is 5. The minimum absolute atomic E-state index is 0.121. The SMILES string of the molecule is C[C@]12CC[C@H](O)C=C1C[C@H](O)[C@@H]1[C@@H]2CC[C@]2(C)C(=O)CC[C@@H]12. The Hall–Kier alpha value is -0.670. The van der Waals surface area contributed by atoms with Crippen molar-refractivity contribution in [3.05, 3.63) is 11.6 Å². The Labute approximate surface area is 132 Å². The number of ketones is 1. The fourth-order valence-electron chi connectivity index (χ4n) is 6.45. The lowest BCUT2D eigenvalue weighted by Gasteiger charge is -2.58. The smallest absolute Gasteiger partial charge is 0.139 e. The summed E-state index contributed by atoms with van der Waals surface area (Å²) >= 11 is 0. The molecule has 3 heteroatoms. The molecule has 3 nitrogen and oxygen atoms in total. The maximum Gasteiger partial charge on any atom is 0.139 e. The number of Topliss-reactive ketones (excluding diaryl/α,β-unsaturated/α-hetero) is 1. The molecule has 0 aromatic carbocycles. The largest absolute Gasteiger partial charge is 0.392 e. The van der Waals surface area contributed by atoms with E-state index in [9.17, 15) is 15.0 Å². The molecule has 3 fully saturated rings. The van der Waals surface area contributed by atoms with Gasteiger partial charge in [-0.05, 0) is 61.7 Å². The van der Waals surface area contributed by atoms with Crippen LogP contribution in [0.25, 0.3) is 0 Å². The molecule has 0 unspecified atom stereocenters. The molecule has 0 radical (unpaired) electrons. The number of aliphatic hydroxyl groups is 2. The van der Waals surface area contributed by atoms with Crippen LogP contribution in [0.3, 0.4) is 0 Å². The van der Waals surface area contributed by atoms with Crippen LogP contribution in [0.15, 0.2) is 11.6 Å². The normalized spacial score (nSPS) is 54.3. The van der Waals surface area contributed by atoms with Crippen molar-refractivity contribution < 1.29 is 15.0 Å². The lowest BCUT2D eigenvalue weighted by atomic mass is 9.46. The second-order valence-corrected chi connectivity index (χ2v) is 8.70. The maximum absolute atomic E-state index is 12.4. The van der Waals surface area contributed by atoms with Crippen molar-refractivity contribution in [1.82, 2.24) is 0 Å². The molecule has 3 saturated carbocycles. The van der Waals surface area contributed by atoms with Gasteiger partial charge in [-0.1, -0.05) is 25.5 Å². The average molecular weight is 304 g/mol. The molecule has 0 heterocycles. The van der Waals surface area contributed by atoms with Gasteiger partial charge in [0.05, 0.1) is 12.2 Å². The van der Waals surface area contributed by atoms with Crippen LogP contribution in [0.4, 0.5) is 0 Å². The van der Waals surface area contributed by atoms with Gasteiger partial charge in [-0.25, -0.2) is 0 Å². The first kappa shape index (κ1) is 14.9. The molecule has 0 amide bonds. The van der Waals surface area contributed by atoms with Crippen LogP contribution in [0.1, 0.15) is 58.8 Å². The summed E-state index contributed by atoms with van der Waals surface area (Å²) in [4.78, 5) is 12.4. The van der Waals surface area contributed by atoms with Crippen LogP contribution in [0.5, 0.6) is 0 Å². The zero-order chi connectivity index (χ0) is 15.7. The molecule has 0 bridgehead atoms. The van der Waals surface area contributed by atoms with Gasteiger partial charge in [0.25, 0.3) is 0 Å². The number of hydrogen-bond acceptors (Lipinski definition) is 3. The third-order valence-corrected chi connectivity index (χ3v) is 7.82. The first-order chi connectivity index (χ1) is 10.4. The Balaban J connectivity index is 1.74. The van der Waals surface area contributed by atoms with E-state index < -0.39 is 0 Å². The Bertz CT molecular complexity index is 539. The van der Waals surface area contributed by atoms with E-state index in [1.807, 2.05) is 6.08 Å². The van der Waals surface area contributed by atoms with E-state index in [0.29, 0.717) is 30.5 Å². The zero-order valence-electron chi connectivity index (χ0n) is 13.7. The molecule has 2 N–H and O–H groups in total. The van der Waals surface area contributed by atoms with Crippen LogP contribution in [-0.2, 0) is 4.79 Å². The second-order valence-electron chi connectivity index (χ2n) is 8.70. The summed E-state index contributed by atoms with van der Waals surface area (Å²) in [6, 6.07) is 0. The number of rotatable bonds is 0. The molecule has 7 atom stereocenters. The van der Waals surface area contributed by atoms with E-state index in [1.165, 1.54) is 5.57 Å². The molecule has 22 heavy (non-hydrogen) atoms. The van der Waals surface area contributed by atoms with E-state index in [4.69, 9.17) is 0 Å². The predicted molar refractivity (Wildman–Crippen MR) is 84.1 cm³/mol. The molecule has 4 aliphatic carbocycles. The first-order valence-corrected chi connectivity index (χ1v) is 8.97. The van der Waals surface area contributed by atoms with Crippen molar-refractivity contribution in [2.75, 3.05) is 0 Å². The van der Waals surface area contributed by atoms with Crippen LogP contribution in [0, 0.1) is 28.6 Å². The Morgan fingerprint density at radius 1 is 1.05 bits per heavy atom. The average Bonchev–Trinajstić information content (AvgIpc) is 2.77. The number of hydrogen-bond donors (Lipinski definition) is 2. The van der Waals surface area contributed by atoms with Gasteiger partial charge in [0.15, 0.2) is 0 Å². The minimum Gasteiger partial charge on any atom is -0.392 e. The Morgan fingerprint density at radius 3 is 2.50 bits per heavy atom. The standard InChI is InChI=1S/C19H28O3/c1-18-7-5-12(20)9-11(18)10-15(21)17-13-3-4-16(22)19(13,2)8-6-14(17)18/h9,12-15,17,20-21H,3-8,10H2,1-2H3/t12-,13-,14-,15-,17-,18-,19-/m0/s1. The quantitative estimate of drug-likeness (QED) is 0.677. The van der Waals surface area contributed by atoms with Crippen molar-refractivity contribution in [3.63, 3.8) is 0 Å². The van der Waals surface area contributed by atoms with Crippen molar-refractivity contribution in [3.8, 4) is 0 Å². The maximum atomic E-state index is 12.4. The van der Waals surface area contributed by atoms with Gasteiger partial charge >= 0.3 is 0 Å². The molecule has 0 aromatic rings. The van der Waals surface area contributed by atoms with Crippen molar-refractivity contribution in [2.45, 2.75) is 71.0 Å². The lowest BCUT2D eigenvalue weighted by molar-refractivity contribution is -0.139. The van der Waals surface area contributed by atoms with E-state index >= 15 is 0 Å². The highest BCUT2D eigenvalue weighted by molar-refractivity contribution is 5.87. The second kappa shape index (κ2) is 4.67. The summed E-state index contributed by atoms with van der Waals surface area (Å²) in [7, 11) is 0. The summed E-state index contributed by atoms with van der Waals surface area (Å²) in [5, 5.41) is 20.8. The van der Waals surface area contributed by atoms with E-state index in [2.05, 4.69) is 13.8 Å². The molecule has 0 saturated heterocycles. The predicted octanol–water partition coefficient (Wildman–Crippen LogP) is 2.85. The first-order valence-electron chi connectivity index (χ1n) is 8.97. The third-order valence-electron chi connectivity index (χ3n) is 7.82. The van der Waals surface area contributed by atoms with E-state index in [1.54, 1.807) is 0 Å². The van der Waals surface area contributed by atoms with E-state index in [-0.39, 0.29) is 29.0 Å². The summed E-state index contributed by atoms with van der Waals surface area (Å²) in [6.07, 6.45) is 7.57. The van der Waals surface area contributed by atoms with Crippen LogP contribution >= 0.6 is 0 Å². The topological polar surface area (TPSA) is 57.5 Å². The monoisotopic (exact) mass is 304 g/mol. The van der Waals surface area contributed by atoms with Gasteiger partial charge in [0.1, 0.15) is 5.78 Å². The third kappa shape index (κ3) is 1.78. The zero-order valence-corrected chi connectivity index (χ0v) is 13.7. The molecule has 0 spiro atoms. The van der Waals surface area contributed by atoms with Crippen molar-refractivity contribution in [2.24, 2.45) is 28.6 Å². The van der Waals surface area contributed by atoms with Crippen LogP contribution in [-0.4, -0.2) is 28.2 Å². The summed E-state index contributed by atoms with van der Waals surface area (Å²) in [5.74, 6) is 1.52. The molecule has 0 aliphatic heterocycles. The van der Waals surface area contributed by atoms with Gasteiger partial charge in [0.2, 0.25) is 0 Å². The summed E-state index contributed by atoms with van der Waals surface area (Å²) in [6.45, 7) is 4.49. The van der Waals surface area contributed by atoms with Crippen LogP contribution < -0.4 is 0 Å². The molecule has 122 valence electrons. The van der Waals surface area contributed by atoms with Crippen LogP contribution in [0.2, 0.25) is 0 Å². The Morgan fingerprint density at radius 2 is 1.73 bits per heavy atom. The summed E-state index contributed by atoms with van der Waals surface area (Å²) in [5.41, 5.74) is 1.21. The van der Waals surface area contributed by atoms with Crippen molar-refractivity contribution >= 4 is 5.78 Å². The van der Waals surface area contributed by atoms with Gasteiger partial charge in [-0.15, -0.1) is 0 Å². The van der Waals surface area contributed by atoms with E-state index in [0.717, 1.165) is 32.1 Å². The van der Waals surface area contributed by atoms with Gasteiger partial charge in [-0.2, -0.15) is 0 Å². The molecule has 0 aromatic heterocycles. The Kier molecular flexibility index (Phi) is 3.16. The lowest BCUT2D eigenvalue weighted by Crippen LogP contribution is -2.55. The highest BCUT2D eigenvalue weighted by atomic mass is 16.3. The number of aliphatic hydroxyl groups excluding tert-OH is 2. The van der Waals surface area contributed by atoms with Gasteiger partial charge in [-0.3, -0.25) is 4.79 Å². The highest BCUT2D eigenvalue weighted by Gasteiger charge is 2.61.